The Hall–Kier alpha value is -1.03. The Kier molecular flexibility index (Phi) is 3.78. The van der Waals surface area contributed by atoms with Gasteiger partial charge in [-0.2, -0.15) is 0 Å². The summed E-state index contributed by atoms with van der Waals surface area (Å²) in [4.78, 5) is 4.80. The van der Waals surface area contributed by atoms with Gasteiger partial charge in [-0.1, -0.05) is 30.7 Å². The standard InChI is InChI=1S/C15H19FN2S/c1-10-6-7-12(8-13(10)16)17-15-18-14-5-3-2-4-11(14)9-19-15/h6-8,11,14H,2-5,9H2,1H3,(H,17,18). The van der Waals surface area contributed by atoms with Gasteiger partial charge in [0.25, 0.3) is 0 Å². The second-order valence-corrected chi connectivity index (χ2v) is 6.45. The SMILES string of the molecule is Cc1ccc(NC2=NC3CCCCC3CS2)cc1F. The molecule has 0 radical (unpaired) electrons. The molecular weight excluding hydrogens is 259 g/mol. The van der Waals surface area contributed by atoms with Gasteiger partial charge < -0.3 is 5.32 Å². The number of thioether (sulfide) groups is 1. The van der Waals surface area contributed by atoms with Crippen LogP contribution in [0.25, 0.3) is 0 Å². The Morgan fingerprint density at radius 1 is 1.32 bits per heavy atom. The van der Waals surface area contributed by atoms with E-state index in [0.717, 1.165) is 22.5 Å². The minimum atomic E-state index is -0.165. The third kappa shape index (κ3) is 2.94. The highest BCUT2D eigenvalue weighted by molar-refractivity contribution is 8.14. The normalized spacial score (nSPS) is 26.5. The van der Waals surface area contributed by atoms with Gasteiger partial charge in [0.05, 0.1) is 6.04 Å². The summed E-state index contributed by atoms with van der Waals surface area (Å²) in [6.45, 7) is 1.78. The van der Waals surface area contributed by atoms with Gasteiger partial charge in [0.1, 0.15) is 5.82 Å². The number of anilines is 1. The third-order valence-corrected chi connectivity index (χ3v) is 5.08. The van der Waals surface area contributed by atoms with Crippen LogP contribution in [-0.4, -0.2) is 17.0 Å². The fraction of sp³-hybridized carbons (Fsp3) is 0.533. The Balaban J connectivity index is 1.72. The molecule has 1 aliphatic heterocycles. The number of rotatable bonds is 1. The van der Waals surface area contributed by atoms with Crippen LogP contribution in [-0.2, 0) is 0 Å². The van der Waals surface area contributed by atoms with Crippen molar-refractivity contribution < 1.29 is 4.39 Å². The molecule has 0 amide bonds. The summed E-state index contributed by atoms with van der Waals surface area (Å²) >= 11 is 1.77. The number of nitrogens with zero attached hydrogens (tertiary/aromatic N) is 1. The van der Waals surface area contributed by atoms with Crippen LogP contribution in [0.3, 0.4) is 0 Å². The van der Waals surface area contributed by atoms with Crippen molar-refractivity contribution in [3.8, 4) is 0 Å². The average Bonchev–Trinajstić information content (AvgIpc) is 2.43. The average molecular weight is 278 g/mol. The molecule has 1 saturated carbocycles. The van der Waals surface area contributed by atoms with E-state index in [1.54, 1.807) is 30.8 Å². The van der Waals surface area contributed by atoms with E-state index in [2.05, 4.69) is 5.32 Å². The lowest BCUT2D eigenvalue weighted by atomic mass is 9.86. The fourth-order valence-electron chi connectivity index (χ4n) is 2.79. The molecule has 102 valence electrons. The second-order valence-electron chi connectivity index (χ2n) is 5.45. The van der Waals surface area contributed by atoms with Gasteiger partial charge in [-0.15, -0.1) is 0 Å². The van der Waals surface area contributed by atoms with Crippen molar-refractivity contribution >= 4 is 22.6 Å². The molecule has 19 heavy (non-hydrogen) atoms. The number of amidine groups is 1. The van der Waals surface area contributed by atoms with Gasteiger partial charge in [-0.05, 0) is 43.4 Å². The number of fused-ring (bicyclic) bond motifs is 1. The second kappa shape index (κ2) is 5.53. The van der Waals surface area contributed by atoms with Crippen LogP contribution in [0, 0.1) is 18.7 Å². The first kappa shape index (κ1) is 13.0. The summed E-state index contributed by atoms with van der Waals surface area (Å²) in [7, 11) is 0. The van der Waals surface area contributed by atoms with Crippen molar-refractivity contribution in [1.82, 2.24) is 0 Å². The molecule has 2 atom stereocenters. The highest BCUT2D eigenvalue weighted by atomic mass is 32.2. The van der Waals surface area contributed by atoms with Crippen LogP contribution in [0.1, 0.15) is 31.2 Å². The number of hydrogen-bond donors (Lipinski definition) is 1. The Bertz CT molecular complexity index is 501. The van der Waals surface area contributed by atoms with Crippen molar-refractivity contribution in [2.24, 2.45) is 10.9 Å². The van der Waals surface area contributed by atoms with Crippen LogP contribution >= 0.6 is 11.8 Å². The van der Waals surface area contributed by atoms with E-state index in [0.29, 0.717) is 11.6 Å². The first-order chi connectivity index (χ1) is 9.22. The molecule has 3 rings (SSSR count). The topological polar surface area (TPSA) is 24.4 Å². The molecule has 4 heteroatoms. The predicted octanol–water partition coefficient (Wildman–Crippen LogP) is 4.21. The maximum absolute atomic E-state index is 13.5. The molecule has 1 N–H and O–H groups in total. The highest BCUT2D eigenvalue weighted by Gasteiger charge is 2.29. The summed E-state index contributed by atoms with van der Waals surface area (Å²) in [5.74, 6) is 1.73. The summed E-state index contributed by atoms with van der Waals surface area (Å²) in [5, 5.41) is 4.21. The zero-order chi connectivity index (χ0) is 13.2. The number of halogens is 1. The monoisotopic (exact) mass is 278 g/mol. The molecule has 0 bridgehead atoms. The molecule has 1 fully saturated rings. The lowest BCUT2D eigenvalue weighted by molar-refractivity contribution is 0.336. The van der Waals surface area contributed by atoms with E-state index < -0.39 is 0 Å². The maximum atomic E-state index is 13.5. The number of benzene rings is 1. The smallest absolute Gasteiger partial charge is 0.161 e. The lowest BCUT2D eigenvalue weighted by Gasteiger charge is -2.32. The van der Waals surface area contributed by atoms with Crippen molar-refractivity contribution in [2.75, 3.05) is 11.1 Å². The van der Waals surface area contributed by atoms with Crippen LogP contribution in [0.4, 0.5) is 10.1 Å². The maximum Gasteiger partial charge on any atom is 0.161 e. The van der Waals surface area contributed by atoms with E-state index >= 15 is 0 Å². The first-order valence-corrected chi connectivity index (χ1v) is 7.95. The fourth-order valence-corrected chi connectivity index (χ4v) is 3.95. The third-order valence-electron chi connectivity index (χ3n) is 4.01. The van der Waals surface area contributed by atoms with Crippen molar-refractivity contribution in [2.45, 2.75) is 38.6 Å². The van der Waals surface area contributed by atoms with Crippen molar-refractivity contribution in [3.63, 3.8) is 0 Å². The van der Waals surface area contributed by atoms with Gasteiger partial charge in [0.15, 0.2) is 5.17 Å². The van der Waals surface area contributed by atoms with Crippen LogP contribution in [0.5, 0.6) is 0 Å². The molecule has 1 aromatic rings. The van der Waals surface area contributed by atoms with E-state index in [9.17, 15) is 4.39 Å². The van der Waals surface area contributed by atoms with Gasteiger partial charge in [-0.3, -0.25) is 4.99 Å². The summed E-state index contributed by atoms with van der Waals surface area (Å²) < 4.78 is 13.5. The molecule has 1 aliphatic carbocycles. The van der Waals surface area contributed by atoms with E-state index in [1.807, 2.05) is 6.07 Å². The van der Waals surface area contributed by atoms with E-state index in [1.165, 1.54) is 25.7 Å². The molecule has 1 aromatic carbocycles. The summed E-state index contributed by atoms with van der Waals surface area (Å²) in [5.41, 5.74) is 1.47. The molecule has 2 aliphatic rings. The molecule has 1 heterocycles. The minimum absolute atomic E-state index is 0.165. The zero-order valence-corrected chi connectivity index (χ0v) is 12.0. The molecule has 2 nitrogen and oxygen atoms in total. The highest BCUT2D eigenvalue weighted by Crippen LogP contribution is 2.34. The van der Waals surface area contributed by atoms with Gasteiger partial charge >= 0.3 is 0 Å². The number of aryl methyl sites for hydroxylation is 1. The Morgan fingerprint density at radius 3 is 3.00 bits per heavy atom. The van der Waals surface area contributed by atoms with Gasteiger partial charge in [0.2, 0.25) is 0 Å². The van der Waals surface area contributed by atoms with Crippen LogP contribution < -0.4 is 5.32 Å². The number of aliphatic imine (C=N–C) groups is 1. The molecule has 0 saturated heterocycles. The number of hydrogen-bond acceptors (Lipinski definition) is 3. The largest absolute Gasteiger partial charge is 0.335 e. The van der Waals surface area contributed by atoms with Crippen molar-refractivity contribution in [3.05, 3.63) is 29.6 Å². The van der Waals surface area contributed by atoms with E-state index in [-0.39, 0.29) is 5.82 Å². The van der Waals surface area contributed by atoms with Gasteiger partial charge in [0, 0.05) is 11.4 Å². The van der Waals surface area contributed by atoms with Gasteiger partial charge in [-0.25, -0.2) is 4.39 Å². The lowest BCUT2D eigenvalue weighted by Crippen LogP contribution is -2.31. The zero-order valence-electron chi connectivity index (χ0n) is 11.2. The summed E-state index contributed by atoms with van der Waals surface area (Å²) in [6, 6.07) is 5.74. The minimum Gasteiger partial charge on any atom is -0.335 e. The Morgan fingerprint density at radius 2 is 2.16 bits per heavy atom. The van der Waals surface area contributed by atoms with Crippen LogP contribution in [0.15, 0.2) is 23.2 Å². The predicted molar refractivity (Wildman–Crippen MR) is 80.4 cm³/mol. The molecule has 2 unspecified atom stereocenters. The number of nitrogens with one attached hydrogen (secondary N) is 1. The van der Waals surface area contributed by atoms with E-state index in [4.69, 9.17) is 4.99 Å². The quantitative estimate of drug-likeness (QED) is 0.832. The molecule has 0 spiro atoms. The van der Waals surface area contributed by atoms with Crippen LogP contribution in [0.2, 0.25) is 0 Å². The first-order valence-electron chi connectivity index (χ1n) is 6.96. The Labute approximate surface area is 117 Å². The molecular formula is C15H19FN2S. The van der Waals surface area contributed by atoms with Crippen molar-refractivity contribution in [1.29, 1.82) is 0 Å². The molecule has 0 aromatic heterocycles. The summed E-state index contributed by atoms with van der Waals surface area (Å²) in [6.07, 6.45) is 5.16.